The van der Waals surface area contributed by atoms with Crippen LogP contribution in [-0.4, -0.2) is 16.9 Å². The highest BCUT2D eigenvalue weighted by molar-refractivity contribution is 5.82. The van der Waals surface area contributed by atoms with Crippen molar-refractivity contribution in [2.75, 3.05) is 0 Å². The van der Waals surface area contributed by atoms with E-state index in [1.165, 1.54) is 30.9 Å². The van der Waals surface area contributed by atoms with E-state index in [9.17, 15) is 9.18 Å². The number of benzene rings is 1. The van der Waals surface area contributed by atoms with E-state index in [0.29, 0.717) is 11.8 Å². The van der Waals surface area contributed by atoms with Crippen LogP contribution in [0.15, 0.2) is 30.5 Å². The molecule has 4 heteroatoms. The predicted molar refractivity (Wildman–Crippen MR) is 111 cm³/mol. The van der Waals surface area contributed by atoms with E-state index >= 15 is 0 Å². The first kappa shape index (κ1) is 19.4. The summed E-state index contributed by atoms with van der Waals surface area (Å²) in [5, 5.41) is 4.26. The van der Waals surface area contributed by atoms with Gasteiger partial charge in [-0.05, 0) is 87.1 Å². The minimum atomic E-state index is -0.200. The molecule has 1 aromatic heterocycles. The number of rotatable bonds is 4. The molecule has 0 radical (unpaired) electrons. The van der Waals surface area contributed by atoms with Gasteiger partial charge in [-0.25, -0.2) is 4.39 Å². The van der Waals surface area contributed by atoms with E-state index in [1.54, 1.807) is 12.1 Å². The van der Waals surface area contributed by atoms with Crippen LogP contribution < -0.4 is 5.32 Å². The SMILES string of the molecule is C[C@@H](NC(=O)C1CCCCC1)[C@H]1CC[C@@H](c2ccnc3ccc(F)cc32)CC1. The number of halogens is 1. The van der Waals surface area contributed by atoms with Crippen molar-refractivity contribution in [2.45, 2.75) is 76.7 Å². The molecule has 2 aromatic rings. The lowest BCUT2D eigenvalue weighted by atomic mass is 9.75. The number of hydrogen-bond donors (Lipinski definition) is 1. The van der Waals surface area contributed by atoms with Crippen molar-refractivity contribution in [1.82, 2.24) is 10.3 Å². The summed E-state index contributed by atoms with van der Waals surface area (Å²) in [5.41, 5.74) is 2.09. The van der Waals surface area contributed by atoms with Crippen LogP contribution in [0.3, 0.4) is 0 Å². The molecule has 0 spiro atoms. The van der Waals surface area contributed by atoms with E-state index in [2.05, 4.69) is 23.3 Å². The van der Waals surface area contributed by atoms with Gasteiger partial charge in [-0.3, -0.25) is 9.78 Å². The van der Waals surface area contributed by atoms with Crippen molar-refractivity contribution in [3.8, 4) is 0 Å². The number of amides is 1. The molecule has 1 heterocycles. The number of pyridine rings is 1. The van der Waals surface area contributed by atoms with Gasteiger partial charge in [0.1, 0.15) is 5.82 Å². The zero-order valence-electron chi connectivity index (χ0n) is 16.8. The minimum Gasteiger partial charge on any atom is -0.353 e. The highest BCUT2D eigenvalue weighted by atomic mass is 19.1. The second-order valence-electron chi connectivity index (χ2n) is 8.81. The Bertz CT molecular complexity index is 822. The Morgan fingerprint density at radius 1 is 1.07 bits per heavy atom. The van der Waals surface area contributed by atoms with Crippen molar-refractivity contribution in [3.63, 3.8) is 0 Å². The Morgan fingerprint density at radius 3 is 2.57 bits per heavy atom. The van der Waals surface area contributed by atoms with Crippen molar-refractivity contribution < 1.29 is 9.18 Å². The van der Waals surface area contributed by atoms with Gasteiger partial charge in [-0.15, -0.1) is 0 Å². The summed E-state index contributed by atoms with van der Waals surface area (Å²) in [7, 11) is 0. The number of aromatic nitrogens is 1. The summed E-state index contributed by atoms with van der Waals surface area (Å²) in [6.07, 6.45) is 12.0. The normalized spacial score (nSPS) is 24.8. The largest absolute Gasteiger partial charge is 0.353 e. The second-order valence-corrected chi connectivity index (χ2v) is 8.81. The number of fused-ring (bicyclic) bond motifs is 1. The summed E-state index contributed by atoms with van der Waals surface area (Å²) in [5.74, 6) is 1.28. The van der Waals surface area contributed by atoms with Crippen LogP contribution in [0, 0.1) is 17.7 Å². The Morgan fingerprint density at radius 2 is 1.82 bits per heavy atom. The van der Waals surface area contributed by atoms with Crippen LogP contribution in [0.25, 0.3) is 10.9 Å². The molecule has 0 unspecified atom stereocenters. The third-order valence-corrected chi connectivity index (χ3v) is 7.00. The molecule has 2 aliphatic carbocycles. The quantitative estimate of drug-likeness (QED) is 0.733. The van der Waals surface area contributed by atoms with Crippen LogP contribution >= 0.6 is 0 Å². The number of nitrogens with one attached hydrogen (secondary N) is 1. The van der Waals surface area contributed by atoms with Gasteiger partial charge in [0.15, 0.2) is 0 Å². The molecule has 0 saturated heterocycles. The van der Waals surface area contributed by atoms with Crippen molar-refractivity contribution in [1.29, 1.82) is 0 Å². The highest BCUT2D eigenvalue weighted by Gasteiger charge is 2.29. The van der Waals surface area contributed by atoms with Gasteiger partial charge in [0.25, 0.3) is 0 Å². The molecule has 2 fully saturated rings. The molecule has 4 rings (SSSR count). The molecular weight excluding hydrogens is 351 g/mol. The highest BCUT2D eigenvalue weighted by Crippen LogP contribution is 2.39. The minimum absolute atomic E-state index is 0.200. The smallest absolute Gasteiger partial charge is 0.223 e. The average molecular weight is 383 g/mol. The summed E-state index contributed by atoms with van der Waals surface area (Å²) < 4.78 is 13.8. The molecule has 3 nitrogen and oxygen atoms in total. The summed E-state index contributed by atoms with van der Waals surface area (Å²) in [4.78, 5) is 16.9. The van der Waals surface area contributed by atoms with E-state index in [0.717, 1.165) is 49.4 Å². The topological polar surface area (TPSA) is 42.0 Å². The maximum atomic E-state index is 13.8. The molecule has 1 N–H and O–H groups in total. The van der Waals surface area contributed by atoms with Crippen LogP contribution in [0.2, 0.25) is 0 Å². The number of carbonyl (C=O) groups excluding carboxylic acids is 1. The summed E-state index contributed by atoms with van der Waals surface area (Å²) in [6, 6.07) is 7.16. The number of nitrogens with zero attached hydrogens (tertiary/aromatic N) is 1. The van der Waals surface area contributed by atoms with Gasteiger partial charge in [-0.2, -0.15) is 0 Å². The van der Waals surface area contributed by atoms with E-state index in [1.807, 2.05) is 6.20 Å². The fourth-order valence-corrected chi connectivity index (χ4v) is 5.25. The number of hydrogen-bond acceptors (Lipinski definition) is 2. The van der Waals surface area contributed by atoms with E-state index in [4.69, 9.17) is 0 Å². The molecule has 0 aliphatic heterocycles. The molecular formula is C24H31FN2O. The fourth-order valence-electron chi connectivity index (χ4n) is 5.25. The first-order valence-electron chi connectivity index (χ1n) is 11.0. The first-order chi connectivity index (χ1) is 13.6. The van der Waals surface area contributed by atoms with Gasteiger partial charge in [-0.1, -0.05) is 19.3 Å². The second kappa shape index (κ2) is 8.59. The number of carbonyl (C=O) groups is 1. The van der Waals surface area contributed by atoms with Crippen molar-refractivity contribution in [3.05, 3.63) is 41.8 Å². The van der Waals surface area contributed by atoms with Crippen LogP contribution in [0.1, 0.15) is 76.2 Å². The van der Waals surface area contributed by atoms with E-state index in [-0.39, 0.29) is 23.7 Å². The van der Waals surface area contributed by atoms with E-state index < -0.39 is 0 Å². The standard InChI is InChI=1S/C24H31FN2O/c1-16(27-24(28)19-5-3-2-4-6-19)17-7-9-18(10-8-17)21-13-14-26-23-12-11-20(25)15-22(21)23/h11-19H,2-10H2,1H3,(H,27,28)/t16-,17-,18+/m1/s1. The maximum absolute atomic E-state index is 13.8. The van der Waals surface area contributed by atoms with Gasteiger partial charge >= 0.3 is 0 Å². The maximum Gasteiger partial charge on any atom is 0.223 e. The Labute approximate surface area is 167 Å². The van der Waals surface area contributed by atoms with Crippen molar-refractivity contribution in [2.24, 2.45) is 11.8 Å². The first-order valence-corrected chi connectivity index (χ1v) is 11.0. The molecule has 1 atom stereocenters. The van der Waals surface area contributed by atoms with Gasteiger partial charge in [0, 0.05) is 23.5 Å². The molecule has 2 aliphatic rings. The summed E-state index contributed by atoms with van der Waals surface area (Å²) >= 11 is 0. The van der Waals surface area contributed by atoms with Crippen LogP contribution in [0.5, 0.6) is 0 Å². The third-order valence-electron chi connectivity index (χ3n) is 7.00. The Hall–Kier alpha value is -1.97. The summed E-state index contributed by atoms with van der Waals surface area (Å²) in [6.45, 7) is 2.17. The lowest BCUT2D eigenvalue weighted by molar-refractivity contribution is -0.127. The Balaban J connectivity index is 1.37. The lowest BCUT2D eigenvalue weighted by Gasteiger charge is -2.34. The zero-order valence-corrected chi connectivity index (χ0v) is 16.8. The van der Waals surface area contributed by atoms with Crippen LogP contribution in [-0.2, 0) is 4.79 Å². The molecule has 1 amide bonds. The molecule has 28 heavy (non-hydrogen) atoms. The predicted octanol–water partition coefficient (Wildman–Crippen LogP) is 5.73. The molecule has 0 bridgehead atoms. The fraction of sp³-hybridized carbons (Fsp3) is 0.583. The average Bonchev–Trinajstić information content (AvgIpc) is 2.74. The van der Waals surface area contributed by atoms with Gasteiger partial charge < -0.3 is 5.32 Å². The van der Waals surface area contributed by atoms with Gasteiger partial charge in [0.05, 0.1) is 5.52 Å². The Kier molecular flexibility index (Phi) is 5.93. The molecule has 150 valence electrons. The van der Waals surface area contributed by atoms with Crippen molar-refractivity contribution >= 4 is 16.8 Å². The lowest BCUT2D eigenvalue weighted by Crippen LogP contribution is -2.42. The monoisotopic (exact) mass is 382 g/mol. The third kappa shape index (κ3) is 4.21. The van der Waals surface area contributed by atoms with Gasteiger partial charge in [0.2, 0.25) is 5.91 Å². The van der Waals surface area contributed by atoms with Crippen LogP contribution in [0.4, 0.5) is 4.39 Å². The zero-order chi connectivity index (χ0) is 19.5. The molecule has 1 aromatic carbocycles. The molecule has 2 saturated carbocycles.